The molecule has 2 N–H and O–H groups in total. The number of hydrogen-bond donors (Lipinski definition) is 2. The largest absolute Gasteiger partial charge is 0.496 e. The number of allylic oxidation sites excluding steroid dienone is 1. The number of pyridine rings is 1. The van der Waals surface area contributed by atoms with E-state index in [0.717, 1.165) is 40.9 Å². The molecule has 3 aromatic rings. The zero-order valence-electron chi connectivity index (χ0n) is 30.3. The van der Waals surface area contributed by atoms with Crippen molar-refractivity contribution in [2.24, 2.45) is 17.8 Å². The van der Waals surface area contributed by atoms with Gasteiger partial charge >= 0.3 is 0 Å². The van der Waals surface area contributed by atoms with E-state index in [2.05, 4.69) is 23.9 Å². The van der Waals surface area contributed by atoms with Gasteiger partial charge in [-0.3, -0.25) is 19.1 Å². The van der Waals surface area contributed by atoms with Crippen molar-refractivity contribution in [1.29, 1.82) is 0 Å². The first-order chi connectivity index (χ1) is 24.8. The molecule has 3 heterocycles. The highest BCUT2D eigenvalue weighted by Gasteiger charge is 2.62. The van der Waals surface area contributed by atoms with Crippen LogP contribution in [0.4, 0.5) is 0 Å². The topological polar surface area (TPSA) is 157 Å². The summed E-state index contributed by atoms with van der Waals surface area (Å²) in [7, 11) is -0.445. The van der Waals surface area contributed by atoms with Gasteiger partial charge in [-0.15, -0.1) is 11.3 Å². The number of aryl methyl sites for hydroxylation is 1. The first-order valence-electron chi connectivity index (χ1n) is 18.2. The lowest BCUT2D eigenvalue weighted by Crippen LogP contribution is -2.54. The van der Waals surface area contributed by atoms with Crippen LogP contribution in [0.5, 0.6) is 11.5 Å². The van der Waals surface area contributed by atoms with Gasteiger partial charge in [-0.25, -0.2) is 18.4 Å². The quantitative estimate of drug-likeness (QED) is 0.294. The minimum Gasteiger partial charge on any atom is -0.496 e. The van der Waals surface area contributed by atoms with Gasteiger partial charge in [-0.1, -0.05) is 26.0 Å². The highest BCUT2D eigenvalue weighted by atomic mass is 32.2. The number of hydrogen-bond acceptors (Lipinski definition) is 10. The molecule has 1 aliphatic heterocycles. The van der Waals surface area contributed by atoms with Crippen LogP contribution in [0, 0.1) is 24.7 Å². The number of sulfonamides is 1. The smallest absolute Gasteiger partial charge is 0.259 e. The Balaban J connectivity index is 1.21. The predicted molar refractivity (Wildman–Crippen MR) is 199 cm³/mol. The van der Waals surface area contributed by atoms with Crippen molar-refractivity contribution >= 4 is 50.0 Å². The Morgan fingerprint density at radius 1 is 1.12 bits per heavy atom. The Morgan fingerprint density at radius 2 is 1.88 bits per heavy atom. The minimum atomic E-state index is -3.83. The van der Waals surface area contributed by atoms with Crippen LogP contribution in [-0.2, 0) is 24.4 Å². The molecule has 4 aliphatic rings. The molecule has 5 atom stereocenters. The fourth-order valence-electron chi connectivity index (χ4n) is 7.55. The second kappa shape index (κ2) is 14.1. The molecular weight excluding hydrogens is 703 g/mol. The maximum absolute atomic E-state index is 14.3. The van der Waals surface area contributed by atoms with Crippen LogP contribution in [-0.4, -0.2) is 78.6 Å². The second-order valence-corrected chi connectivity index (χ2v) is 17.9. The summed E-state index contributed by atoms with van der Waals surface area (Å²) < 4.78 is 40.2. The molecule has 3 amide bonds. The summed E-state index contributed by atoms with van der Waals surface area (Å²) in [5, 5.41) is 5.95. The third kappa shape index (κ3) is 7.03. The van der Waals surface area contributed by atoms with Crippen molar-refractivity contribution in [3.8, 4) is 22.2 Å². The molecule has 14 heteroatoms. The predicted octanol–water partition coefficient (Wildman–Crippen LogP) is 5.25. The first kappa shape index (κ1) is 36.3. The number of carbonyl (C=O) groups is 3. The van der Waals surface area contributed by atoms with E-state index in [4.69, 9.17) is 19.4 Å². The normalized spacial score (nSPS) is 27.4. The number of thiazole rings is 1. The number of rotatable bonds is 8. The molecule has 0 spiro atoms. The fraction of sp³-hybridized carbons (Fsp3) is 0.553. The number of nitrogens with zero attached hydrogens (tertiary/aromatic N) is 3. The van der Waals surface area contributed by atoms with Crippen LogP contribution >= 0.6 is 11.3 Å². The summed E-state index contributed by atoms with van der Waals surface area (Å²) >= 11 is 1.51. The van der Waals surface area contributed by atoms with Gasteiger partial charge in [0.2, 0.25) is 21.8 Å². The van der Waals surface area contributed by atoms with Crippen LogP contribution in [0.25, 0.3) is 21.6 Å². The maximum atomic E-state index is 14.3. The van der Waals surface area contributed by atoms with E-state index < -0.39 is 50.6 Å². The number of benzene rings is 1. The number of methoxy groups -OCH3 is 1. The Hall–Kier alpha value is -4.04. The number of aromatic nitrogens is 2. The Bertz CT molecular complexity index is 2040. The molecular formula is C38H47N5O7S2. The molecule has 3 aliphatic carbocycles. The zero-order valence-corrected chi connectivity index (χ0v) is 31.9. The number of fused-ring (bicyclic) bond motifs is 3. The average Bonchev–Trinajstić information content (AvgIpc) is 3.98. The van der Waals surface area contributed by atoms with Crippen molar-refractivity contribution in [3.05, 3.63) is 47.0 Å². The molecule has 1 unspecified atom stereocenters. The third-order valence-electron chi connectivity index (χ3n) is 11.0. The fourth-order valence-corrected chi connectivity index (χ4v) is 9.85. The van der Waals surface area contributed by atoms with Crippen molar-refractivity contribution in [2.75, 3.05) is 20.7 Å². The summed E-state index contributed by atoms with van der Waals surface area (Å²) in [6, 6.07) is 5.66. The monoisotopic (exact) mass is 749 g/mol. The van der Waals surface area contributed by atoms with Gasteiger partial charge in [-0.2, -0.15) is 0 Å². The van der Waals surface area contributed by atoms with Crippen LogP contribution in [0.2, 0.25) is 0 Å². The molecule has 2 aromatic heterocycles. The average molecular weight is 750 g/mol. The highest BCUT2D eigenvalue weighted by Crippen LogP contribution is 2.47. The molecule has 12 nitrogen and oxygen atoms in total. The molecule has 7 rings (SSSR count). The van der Waals surface area contributed by atoms with Crippen LogP contribution in [0.1, 0.15) is 82.4 Å². The van der Waals surface area contributed by atoms with Crippen molar-refractivity contribution in [3.63, 3.8) is 0 Å². The van der Waals surface area contributed by atoms with Crippen LogP contribution in [0.15, 0.2) is 35.7 Å². The standard InChI is InChI=1S/C38H47N5O7S2/c1-21(2)30-20-51-35(40-30)29-18-32(26-13-14-31(49-5)22(3)33(26)39-29)50-24-16-27-28(17-24)36(45)43(4)15-9-7-6-8-10-23-19-38(23,41-34(27)44)37(46)42-52(47,48)25-11-12-25/h8,10,13-14,18,20-21,23-25,27-28H,6-7,9,11-12,15-17,19H2,1-5H3,(H,41,44)(H,42,46)/b10-8-/t23-,24-,27?,28-,38-/m1/s1. The molecule has 278 valence electrons. The second-order valence-electron chi connectivity index (χ2n) is 15.1. The lowest BCUT2D eigenvalue weighted by atomic mass is 9.93. The van der Waals surface area contributed by atoms with Gasteiger partial charge in [0.1, 0.15) is 33.8 Å². The lowest BCUT2D eigenvalue weighted by molar-refractivity contribution is -0.140. The maximum Gasteiger partial charge on any atom is 0.259 e. The van der Waals surface area contributed by atoms with E-state index in [-0.39, 0.29) is 30.6 Å². The molecule has 3 saturated carbocycles. The summed E-state index contributed by atoms with van der Waals surface area (Å²) in [6.45, 7) is 6.69. The molecule has 3 fully saturated rings. The summed E-state index contributed by atoms with van der Waals surface area (Å²) in [5.74, 6) is -1.63. The first-order valence-corrected chi connectivity index (χ1v) is 20.6. The van der Waals surface area contributed by atoms with Crippen molar-refractivity contribution in [1.82, 2.24) is 24.9 Å². The van der Waals surface area contributed by atoms with Gasteiger partial charge in [0.05, 0.1) is 35.4 Å². The summed E-state index contributed by atoms with van der Waals surface area (Å²) in [5.41, 5.74) is 1.79. The van der Waals surface area contributed by atoms with Crippen molar-refractivity contribution < 1.29 is 32.3 Å². The molecule has 0 radical (unpaired) electrons. The van der Waals surface area contributed by atoms with E-state index in [1.54, 1.807) is 19.1 Å². The van der Waals surface area contributed by atoms with E-state index in [9.17, 15) is 22.8 Å². The number of nitrogens with one attached hydrogen (secondary N) is 2. The van der Waals surface area contributed by atoms with Gasteiger partial charge in [0.25, 0.3) is 5.91 Å². The van der Waals surface area contributed by atoms with E-state index in [0.29, 0.717) is 48.5 Å². The molecule has 52 heavy (non-hydrogen) atoms. The van der Waals surface area contributed by atoms with Crippen LogP contribution < -0.4 is 19.5 Å². The third-order valence-corrected chi connectivity index (χ3v) is 13.7. The molecule has 0 saturated heterocycles. The lowest BCUT2D eigenvalue weighted by Gasteiger charge is -2.26. The Kier molecular flexibility index (Phi) is 9.83. The summed E-state index contributed by atoms with van der Waals surface area (Å²) in [6.07, 6.45) is 7.61. The van der Waals surface area contributed by atoms with E-state index >= 15 is 0 Å². The Labute approximate surface area is 308 Å². The van der Waals surface area contributed by atoms with Gasteiger partial charge in [-0.05, 0) is 76.3 Å². The number of ether oxygens (including phenoxy) is 2. The van der Waals surface area contributed by atoms with E-state index in [1.807, 2.05) is 42.7 Å². The van der Waals surface area contributed by atoms with Gasteiger partial charge in [0.15, 0.2) is 0 Å². The minimum absolute atomic E-state index is 0.147. The van der Waals surface area contributed by atoms with Crippen molar-refractivity contribution in [2.45, 2.75) is 94.9 Å². The highest BCUT2D eigenvalue weighted by molar-refractivity contribution is 7.91. The summed E-state index contributed by atoms with van der Waals surface area (Å²) in [4.78, 5) is 53.5. The van der Waals surface area contributed by atoms with Gasteiger partial charge in [0, 0.05) is 41.9 Å². The van der Waals surface area contributed by atoms with Crippen LogP contribution in [0.3, 0.4) is 0 Å². The Morgan fingerprint density at radius 3 is 2.60 bits per heavy atom. The van der Waals surface area contributed by atoms with E-state index in [1.165, 1.54) is 11.3 Å². The number of carbonyl (C=O) groups excluding carboxylic acids is 3. The SMILES string of the molecule is COc1ccc2c(O[C@@H]3CC4C(=O)N[C@]5(C(=O)NS(=O)(=O)C6CC6)C[C@H]5/C=C\CCCCN(C)C(=O)[C@@H]4C3)cc(-c3nc(C(C)C)cs3)nc2c1C. The zero-order chi connectivity index (χ0) is 36.9. The van der Waals surface area contributed by atoms with Gasteiger partial charge < -0.3 is 19.7 Å². The molecule has 1 aromatic carbocycles. The molecule has 0 bridgehead atoms. The number of amides is 3.